The van der Waals surface area contributed by atoms with Gasteiger partial charge in [0.2, 0.25) is 5.91 Å². The molecule has 0 spiro atoms. The molecule has 1 aliphatic heterocycles. The number of aliphatic hydroxyl groups excluding tert-OH is 1. The number of anilines is 1. The first-order chi connectivity index (χ1) is 12.5. The lowest BCUT2D eigenvalue weighted by molar-refractivity contribution is -0.152. The van der Waals surface area contributed by atoms with Gasteiger partial charge in [0.1, 0.15) is 12.0 Å². The molecule has 0 aromatic heterocycles. The Morgan fingerprint density at radius 1 is 1.42 bits per heavy atom. The molecule has 1 saturated carbocycles. The van der Waals surface area contributed by atoms with Gasteiger partial charge in [0, 0.05) is 12.5 Å². The van der Waals surface area contributed by atoms with E-state index in [2.05, 4.69) is 10.1 Å². The lowest BCUT2D eigenvalue weighted by Gasteiger charge is -2.39. The summed E-state index contributed by atoms with van der Waals surface area (Å²) < 4.78 is 18.3. The molecule has 26 heavy (non-hydrogen) atoms. The highest BCUT2D eigenvalue weighted by Gasteiger charge is 2.40. The number of methoxy groups -OCH3 is 1. The summed E-state index contributed by atoms with van der Waals surface area (Å²) in [5.74, 6) is -0.0767. The number of amides is 2. The molecule has 7 heteroatoms. The first kappa shape index (κ1) is 18.6. The number of carbonyl (C=O) groups is 2. The second-order valence-corrected chi connectivity index (χ2v) is 7.05. The van der Waals surface area contributed by atoms with Gasteiger partial charge in [0.05, 0.1) is 12.8 Å². The Labute approximate surface area is 152 Å². The second kappa shape index (κ2) is 8.03. The number of nitrogens with one attached hydrogen (secondary N) is 1. The zero-order chi connectivity index (χ0) is 18.7. The summed E-state index contributed by atoms with van der Waals surface area (Å²) in [6.07, 6.45) is 3.90. The number of rotatable bonds is 6. The van der Waals surface area contributed by atoms with Crippen LogP contribution in [0.15, 0.2) is 18.2 Å². The number of benzene rings is 1. The van der Waals surface area contributed by atoms with E-state index in [1.807, 2.05) is 0 Å². The SMILES string of the molecule is COC(=O)Nc1cc(CCC(C2CC2)N2C(=O)CCCC2O)ccc1F. The maximum Gasteiger partial charge on any atom is 0.411 e. The van der Waals surface area contributed by atoms with E-state index >= 15 is 0 Å². The van der Waals surface area contributed by atoms with Gasteiger partial charge in [0.15, 0.2) is 0 Å². The van der Waals surface area contributed by atoms with Crippen LogP contribution in [0.2, 0.25) is 0 Å². The molecule has 3 rings (SSSR count). The van der Waals surface area contributed by atoms with Gasteiger partial charge in [-0.1, -0.05) is 6.07 Å². The number of ether oxygens (including phenoxy) is 1. The van der Waals surface area contributed by atoms with Crippen molar-refractivity contribution < 1.29 is 23.8 Å². The standard InChI is InChI=1S/C19H25FN2O4/c1-26-19(25)21-15-11-12(5-9-14(15)20)6-10-16(13-7-8-13)22-17(23)3-2-4-18(22)24/h5,9,11,13,16-17,23H,2-4,6-8,10H2,1H3,(H,21,25). The van der Waals surface area contributed by atoms with Gasteiger partial charge in [-0.15, -0.1) is 0 Å². The van der Waals surface area contributed by atoms with Crippen LogP contribution in [0.3, 0.4) is 0 Å². The number of hydrogen-bond donors (Lipinski definition) is 2. The predicted octanol–water partition coefficient (Wildman–Crippen LogP) is 3.05. The van der Waals surface area contributed by atoms with Crippen LogP contribution < -0.4 is 5.32 Å². The molecule has 2 atom stereocenters. The van der Waals surface area contributed by atoms with E-state index in [0.717, 1.165) is 24.8 Å². The van der Waals surface area contributed by atoms with E-state index in [9.17, 15) is 19.1 Å². The Hall–Kier alpha value is -2.15. The zero-order valence-corrected chi connectivity index (χ0v) is 14.9. The molecule has 142 valence electrons. The molecule has 2 unspecified atom stereocenters. The monoisotopic (exact) mass is 364 g/mol. The fraction of sp³-hybridized carbons (Fsp3) is 0.579. The molecule has 1 aliphatic carbocycles. The van der Waals surface area contributed by atoms with E-state index in [-0.39, 0.29) is 17.6 Å². The number of carbonyl (C=O) groups excluding carboxylic acids is 2. The number of likely N-dealkylation sites (tertiary alicyclic amines) is 1. The van der Waals surface area contributed by atoms with Crippen molar-refractivity contribution in [3.05, 3.63) is 29.6 Å². The molecule has 2 amide bonds. The van der Waals surface area contributed by atoms with Crippen LogP contribution >= 0.6 is 0 Å². The average Bonchev–Trinajstić information content (AvgIpc) is 3.44. The van der Waals surface area contributed by atoms with Gasteiger partial charge < -0.3 is 14.7 Å². The number of aliphatic hydroxyl groups is 1. The average molecular weight is 364 g/mol. The maximum atomic E-state index is 13.8. The minimum absolute atomic E-state index is 0.0138. The minimum Gasteiger partial charge on any atom is -0.453 e. The quantitative estimate of drug-likeness (QED) is 0.813. The van der Waals surface area contributed by atoms with Gasteiger partial charge in [-0.3, -0.25) is 10.1 Å². The lowest BCUT2D eigenvalue weighted by atomic mass is 9.96. The molecule has 0 bridgehead atoms. The summed E-state index contributed by atoms with van der Waals surface area (Å²) in [6.45, 7) is 0. The topological polar surface area (TPSA) is 78.9 Å². The maximum absolute atomic E-state index is 13.8. The fourth-order valence-corrected chi connectivity index (χ4v) is 3.66. The molecule has 1 aromatic carbocycles. The van der Waals surface area contributed by atoms with Crippen LogP contribution in [0.25, 0.3) is 0 Å². The molecular formula is C19H25FN2O4. The van der Waals surface area contributed by atoms with Crippen molar-refractivity contribution >= 4 is 17.7 Å². The number of piperidine rings is 1. The van der Waals surface area contributed by atoms with Gasteiger partial charge in [0.25, 0.3) is 0 Å². The summed E-state index contributed by atoms with van der Waals surface area (Å²) in [6, 6.07) is 4.59. The molecule has 1 heterocycles. The first-order valence-electron chi connectivity index (χ1n) is 9.12. The van der Waals surface area contributed by atoms with E-state index in [0.29, 0.717) is 31.6 Å². The van der Waals surface area contributed by atoms with E-state index in [4.69, 9.17) is 0 Å². The third kappa shape index (κ3) is 4.33. The smallest absolute Gasteiger partial charge is 0.411 e. The summed E-state index contributed by atoms with van der Waals surface area (Å²) >= 11 is 0. The van der Waals surface area contributed by atoms with Crippen LogP contribution in [-0.2, 0) is 16.0 Å². The van der Waals surface area contributed by atoms with Crippen LogP contribution in [0.1, 0.15) is 44.1 Å². The van der Waals surface area contributed by atoms with Crippen molar-refractivity contribution in [2.24, 2.45) is 5.92 Å². The fourth-order valence-electron chi connectivity index (χ4n) is 3.66. The Morgan fingerprint density at radius 3 is 2.85 bits per heavy atom. The summed E-state index contributed by atoms with van der Waals surface area (Å²) in [5, 5.41) is 12.6. The predicted molar refractivity (Wildman–Crippen MR) is 94.0 cm³/mol. The largest absolute Gasteiger partial charge is 0.453 e. The summed E-state index contributed by atoms with van der Waals surface area (Å²) in [4.78, 5) is 25.3. The third-order valence-corrected chi connectivity index (χ3v) is 5.17. The molecule has 2 aliphatic rings. The highest BCUT2D eigenvalue weighted by atomic mass is 19.1. The highest BCUT2D eigenvalue weighted by molar-refractivity contribution is 5.84. The Kier molecular flexibility index (Phi) is 5.76. The first-order valence-corrected chi connectivity index (χ1v) is 9.12. The van der Waals surface area contributed by atoms with Gasteiger partial charge in [-0.25, -0.2) is 9.18 Å². The summed E-state index contributed by atoms with van der Waals surface area (Å²) in [7, 11) is 1.22. The van der Waals surface area contributed by atoms with Crippen LogP contribution in [0, 0.1) is 11.7 Å². The van der Waals surface area contributed by atoms with Crippen molar-refractivity contribution in [1.29, 1.82) is 0 Å². The van der Waals surface area contributed by atoms with Crippen LogP contribution in [0.5, 0.6) is 0 Å². The van der Waals surface area contributed by atoms with E-state index in [1.54, 1.807) is 17.0 Å². The highest BCUT2D eigenvalue weighted by Crippen LogP contribution is 2.39. The third-order valence-electron chi connectivity index (χ3n) is 5.17. The molecule has 2 N–H and O–H groups in total. The Bertz CT molecular complexity index is 678. The normalized spacial score (nSPS) is 21.4. The second-order valence-electron chi connectivity index (χ2n) is 7.05. The molecule has 2 fully saturated rings. The molecule has 0 radical (unpaired) electrons. The van der Waals surface area contributed by atoms with Crippen LogP contribution in [-0.4, -0.2) is 41.4 Å². The van der Waals surface area contributed by atoms with Crippen LogP contribution in [0.4, 0.5) is 14.9 Å². The number of hydrogen-bond acceptors (Lipinski definition) is 4. The number of halogens is 1. The molecule has 1 saturated heterocycles. The van der Waals surface area contributed by atoms with Crippen molar-refractivity contribution in [2.45, 2.75) is 57.2 Å². The van der Waals surface area contributed by atoms with E-state index in [1.165, 1.54) is 13.2 Å². The Morgan fingerprint density at radius 2 is 2.19 bits per heavy atom. The lowest BCUT2D eigenvalue weighted by Crippen LogP contribution is -2.50. The van der Waals surface area contributed by atoms with E-state index < -0.39 is 18.1 Å². The van der Waals surface area contributed by atoms with Crippen molar-refractivity contribution in [3.63, 3.8) is 0 Å². The number of aryl methyl sites for hydroxylation is 1. The van der Waals surface area contributed by atoms with Crippen molar-refractivity contribution in [1.82, 2.24) is 4.90 Å². The van der Waals surface area contributed by atoms with Crippen molar-refractivity contribution in [2.75, 3.05) is 12.4 Å². The minimum atomic E-state index is -0.723. The van der Waals surface area contributed by atoms with Gasteiger partial charge >= 0.3 is 6.09 Å². The molecular weight excluding hydrogens is 339 g/mol. The number of nitrogens with zero attached hydrogens (tertiary/aromatic N) is 1. The van der Waals surface area contributed by atoms with Crippen molar-refractivity contribution in [3.8, 4) is 0 Å². The zero-order valence-electron chi connectivity index (χ0n) is 14.9. The van der Waals surface area contributed by atoms with Gasteiger partial charge in [-0.05, 0) is 62.1 Å². The Balaban J connectivity index is 1.69. The summed E-state index contributed by atoms with van der Waals surface area (Å²) in [5.41, 5.74) is 0.939. The molecule has 6 nitrogen and oxygen atoms in total. The van der Waals surface area contributed by atoms with Gasteiger partial charge in [-0.2, -0.15) is 0 Å². The molecule has 1 aromatic rings.